The number of nitrogens with zero attached hydrogens (tertiary/aromatic N) is 2. The predicted octanol–water partition coefficient (Wildman–Crippen LogP) is 4.72. The van der Waals surface area contributed by atoms with E-state index in [4.69, 9.17) is 4.74 Å². The number of rotatable bonds is 12. The molecule has 2 aromatic carbocycles. The lowest BCUT2D eigenvalue weighted by molar-refractivity contribution is -0.141. The highest BCUT2D eigenvalue weighted by molar-refractivity contribution is 7.92. The number of nitrogens with one attached hydrogen (secondary N) is 1. The first-order valence-corrected chi connectivity index (χ1v) is 15.6. The molecule has 3 rings (SSSR count). The van der Waals surface area contributed by atoms with Crippen molar-refractivity contribution in [3.8, 4) is 5.75 Å². The number of carbonyl (C=O) groups is 2. The highest BCUT2D eigenvalue weighted by Gasteiger charge is 2.28. The van der Waals surface area contributed by atoms with Gasteiger partial charge in [-0.1, -0.05) is 37.5 Å². The molecule has 39 heavy (non-hydrogen) atoms. The van der Waals surface area contributed by atoms with Gasteiger partial charge in [-0.15, -0.1) is 0 Å². The van der Waals surface area contributed by atoms with Crippen molar-refractivity contribution in [3.63, 3.8) is 0 Å². The molecule has 0 saturated heterocycles. The maximum absolute atomic E-state index is 13.5. The van der Waals surface area contributed by atoms with Crippen LogP contribution in [0.3, 0.4) is 0 Å². The fraction of sp³-hybridized carbons (Fsp3) is 0.533. The van der Waals surface area contributed by atoms with E-state index in [9.17, 15) is 18.0 Å². The molecule has 2 amide bonds. The van der Waals surface area contributed by atoms with E-state index in [1.54, 1.807) is 25.0 Å². The van der Waals surface area contributed by atoms with Crippen molar-refractivity contribution in [2.24, 2.45) is 0 Å². The van der Waals surface area contributed by atoms with E-state index in [0.29, 0.717) is 17.9 Å². The van der Waals surface area contributed by atoms with Crippen molar-refractivity contribution in [2.45, 2.75) is 84.3 Å². The van der Waals surface area contributed by atoms with E-state index in [-0.39, 0.29) is 37.4 Å². The second-order valence-electron chi connectivity index (χ2n) is 10.6. The lowest BCUT2D eigenvalue weighted by Gasteiger charge is -2.31. The molecule has 1 N–H and O–H groups in total. The number of methoxy groups -OCH3 is 1. The van der Waals surface area contributed by atoms with E-state index >= 15 is 0 Å². The smallest absolute Gasteiger partial charge is 0.242 e. The Morgan fingerprint density at radius 3 is 2.28 bits per heavy atom. The Morgan fingerprint density at radius 2 is 1.69 bits per heavy atom. The molecule has 0 radical (unpaired) electrons. The van der Waals surface area contributed by atoms with Crippen LogP contribution in [-0.2, 0) is 26.2 Å². The minimum Gasteiger partial charge on any atom is -0.497 e. The second kappa shape index (κ2) is 13.8. The highest BCUT2D eigenvalue weighted by atomic mass is 32.2. The van der Waals surface area contributed by atoms with Gasteiger partial charge in [-0.2, -0.15) is 0 Å². The summed E-state index contributed by atoms with van der Waals surface area (Å²) in [6, 6.07) is 12.5. The van der Waals surface area contributed by atoms with Crippen molar-refractivity contribution < 1.29 is 22.7 Å². The van der Waals surface area contributed by atoms with Crippen LogP contribution >= 0.6 is 0 Å². The van der Waals surface area contributed by atoms with Crippen LogP contribution in [0.25, 0.3) is 0 Å². The monoisotopic (exact) mass is 557 g/mol. The molecular formula is C30H43N3O5S. The maximum Gasteiger partial charge on any atom is 0.242 e. The predicted molar refractivity (Wildman–Crippen MR) is 155 cm³/mol. The molecular weight excluding hydrogens is 514 g/mol. The SMILES string of the molecule is COc1ccc(CN(C(=O)CCCN(c2ccc(C)c(C)c2)S(C)(=O)=O)[C@@H](C)C(=O)NC2CCCCC2)cc1. The van der Waals surface area contributed by atoms with Gasteiger partial charge in [0.15, 0.2) is 0 Å². The van der Waals surface area contributed by atoms with E-state index < -0.39 is 16.1 Å². The molecule has 1 atom stereocenters. The molecule has 0 heterocycles. The minimum atomic E-state index is -3.53. The Morgan fingerprint density at radius 1 is 1.03 bits per heavy atom. The van der Waals surface area contributed by atoms with Crippen LogP contribution in [0, 0.1) is 13.8 Å². The van der Waals surface area contributed by atoms with Gasteiger partial charge in [0.1, 0.15) is 11.8 Å². The summed E-state index contributed by atoms with van der Waals surface area (Å²) in [5.74, 6) is 0.370. The average molecular weight is 558 g/mol. The molecule has 1 saturated carbocycles. The standard InChI is InChI=1S/C30H43N3O5S/c1-22-13-16-27(20-23(22)2)33(39(5,36)37)19-9-12-29(34)32(21-25-14-17-28(38-4)18-15-25)24(3)30(35)31-26-10-7-6-8-11-26/h13-18,20,24,26H,6-12,19,21H2,1-5H3,(H,31,35)/t24-/m0/s1. The number of benzene rings is 2. The van der Waals surface area contributed by atoms with Crippen LogP contribution in [0.1, 0.15) is 68.6 Å². The number of aryl methyl sites for hydroxylation is 2. The Balaban J connectivity index is 1.73. The third-order valence-corrected chi connectivity index (χ3v) is 8.76. The van der Waals surface area contributed by atoms with Crippen molar-refractivity contribution in [2.75, 3.05) is 24.2 Å². The summed E-state index contributed by atoms with van der Waals surface area (Å²) in [6.45, 7) is 6.13. The van der Waals surface area contributed by atoms with Crippen LogP contribution in [0.2, 0.25) is 0 Å². The van der Waals surface area contributed by atoms with Crippen LogP contribution in [0.15, 0.2) is 42.5 Å². The summed E-state index contributed by atoms with van der Waals surface area (Å²) in [6.07, 6.45) is 6.95. The van der Waals surface area contributed by atoms with Gasteiger partial charge in [0.2, 0.25) is 21.8 Å². The first kappa shape index (κ1) is 30.5. The topological polar surface area (TPSA) is 96.0 Å². The van der Waals surface area contributed by atoms with Crippen molar-refractivity contribution in [3.05, 3.63) is 59.2 Å². The molecule has 0 bridgehead atoms. The molecule has 2 aromatic rings. The number of anilines is 1. The lowest BCUT2D eigenvalue weighted by Crippen LogP contribution is -2.50. The van der Waals surface area contributed by atoms with E-state index in [1.807, 2.05) is 50.2 Å². The van der Waals surface area contributed by atoms with Gasteiger partial charge in [0.25, 0.3) is 0 Å². The van der Waals surface area contributed by atoms with Gasteiger partial charge in [0.05, 0.1) is 19.1 Å². The van der Waals surface area contributed by atoms with Crippen molar-refractivity contribution >= 4 is 27.5 Å². The Labute approximate surface area is 233 Å². The van der Waals surface area contributed by atoms with E-state index in [1.165, 1.54) is 17.0 Å². The summed E-state index contributed by atoms with van der Waals surface area (Å²) in [7, 11) is -1.94. The number of ether oxygens (including phenoxy) is 1. The number of carbonyl (C=O) groups excluding carboxylic acids is 2. The molecule has 1 aliphatic rings. The second-order valence-corrected chi connectivity index (χ2v) is 12.5. The van der Waals surface area contributed by atoms with Gasteiger partial charge < -0.3 is 15.0 Å². The molecule has 1 aliphatic carbocycles. The largest absolute Gasteiger partial charge is 0.497 e. The van der Waals surface area contributed by atoms with E-state index in [0.717, 1.165) is 42.4 Å². The van der Waals surface area contributed by atoms with Gasteiger partial charge in [-0.25, -0.2) is 8.42 Å². The summed E-state index contributed by atoms with van der Waals surface area (Å²) in [5, 5.41) is 3.14. The average Bonchev–Trinajstić information content (AvgIpc) is 2.91. The molecule has 9 heteroatoms. The Kier molecular flexibility index (Phi) is 10.8. The number of hydrogen-bond donors (Lipinski definition) is 1. The lowest BCUT2D eigenvalue weighted by atomic mass is 9.95. The first-order valence-electron chi connectivity index (χ1n) is 13.8. The first-order chi connectivity index (χ1) is 18.5. The Bertz CT molecular complexity index is 1220. The van der Waals surface area contributed by atoms with Crippen LogP contribution in [0.5, 0.6) is 5.75 Å². The number of hydrogen-bond acceptors (Lipinski definition) is 5. The zero-order chi connectivity index (χ0) is 28.6. The van der Waals surface area contributed by atoms with Gasteiger partial charge in [-0.3, -0.25) is 13.9 Å². The third-order valence-electron chi connectivity index (χ3n) is 7.56. The van der Waals surface area contributed by atoms with Gasteiger partial charge in [0, 0.05) is 25.6 Å². The zero-order valence-corrected chi connectivity index (χ0v) is 24.7. The molecule has 0 unspecified atom stereocenters. The fourth-order valence-electron chi connectivity index (χ4n) is 4.96. The molecule has 214 valence electrons. The highest BCUT2D eigenvalue weighted by Crippen LogP contribution is 2.23. The van der Waals surface area contributed by atoms with Crippen LogP contribution in [0.4, 0.5) is 5.69 Å². The molecule has 1 fully saturated rings. The summed E-state index contributed by atoms with van der Waals surface area (Å²) in [5.41, 5.74) is 3.55. The Hall–Kier alpha value is -3.07. The molecule has 0 aliphatic heterocycles. The quantitative estimate of drug-likeness (QED) is 0.407. The summed E-state index contributed by atoms with van der Waals surface area (Å²) in [4.78, 5) is 28.3. The van der Waals surface area contributed by atoms with Gasteiger partial charge in [-0.05, 0) is 81.0 Å². The molecule has 0 aromatic heterocycles. The third kappa shape index (κ3) is 8.71. The van der Waals surface area contributed by atoms with Crippen molar-refractivity contribution in [1.82, 2.24) is 10.2 Å². The zero-order valence-electron chi connectivity index (χ0n) is 23.9. The fourth-order valence-corrected chi connectivity index (χ4v) is 5.92. The molecule has 8 nitrogen and oxygen atoms in total. The van der Waals surface area contributed by atoms with Crippen LogP contribution in [-0.4, -0.2) is 57.1 Å². The van der Waals surface area contributed by atoms with Gasteiger partial charge >= 0.3 is 0 Å². The minimum absolute atomic E-state index is 0.119. The summed E-state index contributed by atoms with van der Waals surface area (Å²) < 4.78 is 31.8. The number of sulfonamides is 1. The normalized spacial score (nSPS) is 14.9. The van der Waals surface area contributed by atoms with Crippen molar-refractivity contribution in [1.29, 1.82) is 0 Å². The van der Waals surface area contributed by atoms with Crippen LogP contribution < -0.4 is 14.4 Å². The number of amides is 2. The maximum atomic E-state index is 13.5. The van der Waals surface area contributed by atoms with E-state index in [2.05, 4.69) is 5.32 Å². The molecule has 0 spiro atoms. The summed E-state index contributed by atoms with van der Waals surface area (Å²) >= 11 is 0.